The smallest absolute Gasteiger partial charge is 0.316 e. The highest BCUT2D eigenvalue weighted by Crippen LogP contribution is 2.45. The Balaban J connectivity index is 1.72. The average Bonchev–Trinajstić information content (AvgIpc) is 3.06. The molecule has 0 amide bonds. The Bertz CT molecular complexity index is 560. The Labute approximate surface area is 139 Å². The molecule has 3 heteroatoms. The van der Waals surface area contributed by atoms with Gasteiger partial charge in [-0.2, -0.15) is 0 Å². The van der Waals surface area contributed by atoms with Gasteiger partial charge >= 0.3 is 5.97 Å². The molecule has 1 aromatic carbocycles. The van der Waals surface area contributed by atoms with Crippen molar-refractivity contribution < 1.29 is 9.53 Å². The van der Waals surface area contributed by atoms with Crippen molar-refractivity contribution in [1.82, 2.24) is 5.32 Å². The zero-order valence-corrected chi connectivity index (χ0v) is 14.0. The van der Waals surface area contributed by atoms with Crippen molar-refractivity contribution in [2.24, 2.45) is 5.92 Å². The third-order valence-electron chi connectivity index (χ3n) is 5.57. The van der Waals surface area contributed by atoms with Crippen molar-refractivity contribution in [3.8, 4) is 0 Å². The van der Waals surface area contributed by atoms with Crippen LogP contribution in [0.4, 0.5) is 0 Å². The maximum Gasteiger partial charge on any atom is 0.316 e. The summed E-state index contributed by atoms with van der Waals surface area (Å²) in [6.07, 6.45) is 5.85. The van der Waals surface area contributed by atoms with Crippen LogP contribution in [0.1, 0.15) is 44.1 Å². The Kier molecular flexibility index (Phi) is 4.86. The quantitative estimate of drug-likeness (QED) is 0.644. The lowest BCUT2D eigenvalue weighted by molar-refractivity contribution is -0.161. The number of rotatable bonds is 6. The van der Waals surface area contributed by atoms with Crippen LogP contribution in [-0.2, 0) is 14.9 Å². The van der Waals surface area contributed by atoms with Crippen molar-refractivity contribution in [1.29, 1.82) is 0 Å². The predicted octanol–water partition coefficient (Wildman–Crippen LogP) is 3.60. The van der Waals surface area contributed by atoms with E-state index in [9.17, 15) is 4.79 Å². The number of nitrogens with one attached hydrogen (secondary N) is 1. The van der Waals surface area contributed by atoms with E-state index in [1.165, 1.54) is 5.57 Å². The fourth-order valence-corrected chi connectivity index (χ4v) is 4.06. The third kappa shape index (κ3) is 3.07. The van der Waals surface area contributed by atoms with Crippen LogP contribution in [0.25, 0.3) is 0 Å². The van der Waals surface area contributed by atoms with Crippen LogP contribution in [0.2, 0.25) is 0 Å². The molecule has 0 bridgehead atoms. The van der Waals surface area contributed by atoms with Crippen LogP contribution in [0.5, 0.6) is 0 Å². The van der Waals surface area contributed by atoms with Crippen LogP contribution in [0.15, 0.2) is 42.5 Å². The summed E-state index contributed by atoms with van der Waals surface area (Å²) in [6.45, 7) is 5.04. The SMILES string of the molecule is C=C1CC(OC(=O)C2(c3ccccc3)CCCC2)C1CCNC. The number of carbonyl (C=O) groups is 1. The maximum atomic E-state index is 13.0. The highest BCUT2D eigenvalue weighted by Gasteiger charge is 2.47. The zero-order chi connectivity index (χ0) is 16.3. The first-order valence-electron chi connectivity index (χ1n) is 8.76. The second kappa shape index (κ2) is 6.88. The lowest BCUT2D eigenvalue weighted by Crippen LogP contribution is -2.44. The summed E-state index contributed by atoms with van der Waals surface area (Å²) in [6, 6.07) is 10.2. The molecule has 23 heavy (non-hydrogen) atoms. The molecule has 2 atom stereocenters. The van der Waals surface area contributed by atoms with E-state index in [1.807, 2.05) is 25.2 Å². The van der Waals surface area contributed by atoms with Gasteiger partial charge in [0, 0.05) is 12.3 Å². The van der Waals surface area contributed by atoms with Gasteiger partial charge in [0.05, 0.1) is 5.41 Å². The molecular formula is C20H27NO2. The molecule has 2 aliphatic rings. The first-order valence-corrected chi connectivity index (χ1v) is 8.76. The van der Waals surface area contributed by atoms with Crippen molar-refractivity contribution in [2.45, 2.75) is 50.0 Å². The minimum absolute atomic E-state index is 0.0181. The number of ether oxygens (including phenoxy) is 1. The molecule has 0 spiro atoms. The van der Waals surface area contributed by atoms with Crippen LogP contribution in [0, 0.1) is 5.92 Å². The van der Waals surface area contributed by atoms with Gasteiger partial charge in [-0.3, -0.25) is 4.79 Å². The topological polar surface area (TPSA) is 38.3 Å². The van der Waals surface area contributed by atoms with Gasteiger partial charge in [0.2, 0.25) is 0 Å². The average molecular weight is 313 g/mol. The van der Waals surface area contributed by atoms with Crippen LogP contribution in [-0.4, -0.2) is 25.7 Å². The Morgan fingerprint density at radius 1 is 1.30 bits per heavy atom. The molecule has 3 nitrogen and oxygen atoms in total. The monoisotopic (exact) mass is 313 g/mol. The standard InChI is InChI=1S/C20H27NO2/c1-15-14-18(17(15)10-13-21-2)23-19(22)20(11-6-7-12-20)16-8-4-3-5-9-16/h3-5,8-9,17-18,21H,1,6-7,10-14H2,2H3. The first kappa shape index (κ1) is 16.3. The summed E-state index contributed by atoms with van der Waals surface area (Å²) in [5, 5.41) is 3.17. The predicted molar refractivity (Wildman–Crippen MR) is 92.3 cm³/mol. The van der Waals surface area contributed by atoms with Gasteiger partial charge in [-0.25, -0.2) is 0 Å². The van der Waals surface area contributed by atoms with E-state index < -0.39 is 5.41 Å². The molecule has 3 rings (SSSR count). The number of esters is 1. The van der Waals surface area contributed by atoms with Gasteiger partial charge in [0.1, 0.15) is 6.10 Å². The minimum atomic E-state index is -0.425. The van der Waals surface area contributed by atoms with Gasteiger partial charge in [-0.1, -0.05) is 55.3 Å². The zero-order valence-electron chi connectivity index (χ0n) is 14.0. The number of hydrogen-bond acceptors (Lipinski definition) is 3. The van der Waals surface area contributed by atoms with E-state index in [2.05, 4.69) is 24.0 Å². The highest BCUT2D eigenvalue weighted by molar-refractivity contribution is 5.84. The molecule has 0 saturated heterocycles. The van der Waals surface area contributed by atoms with Crippen molar-refractivity contribution in [2.75, 3.05) is 13.6 Å². The van der Waals surface area contributed by atoms with E-state index in [0.29, 0.717) is 5.92 Å². The molecule has 2 aliphatic carbocycles. The second-order valence-electron chi connectivity index (χ2n) is 6.96. The highest BCUT2D eigenvalue weighted by atomic mass is 16.5. The van der Waals surface area contributed by atoms with Gasteiger partial charge in [0.25, 0.3) is 0 Å². The first-order chi connectivity index (χ1) is 11.2. The summed E-state index contributed by atoms with van der Waals surface area (Å²) in [4.78, 5) is 13.0. The summed E-state index contributed by atoms with van der Waals surface area (Å²) in [7, 11) is 1.95. The molecule has 1 N–H and O–H groups in total. The minimum Gasteiger partial charge on any atom is -0.461 e. The molecule has 124 valence electrons. The Morgan fingerprint density at radius 3 is 2.61 bits per heavy atom. The number of hydrogen-bond donors (Lipinski definition) is 1. The van der Waals surface area contributed by atoms with Crippen molar-refractivity contribution in [3.63, 3.8) is 0 Å². The van der Waals surface area contributed by atoms with Gasteiger partial charge in [0.15, 0.2) is 0 Å². The second-order valence-corrected chi connectivity index (χ2v) is 6.96. The molecule has 2 unspecified atom stereocenters. The fraction of sp³-hybridized carbons (Fsp3) is 0.550. The molecule has 0 radical (unpaired) electrons. The lowest BCUT2D eigenvalue weighted by Gasteiger charge is -2.40. The molecule has 1 aromatic rings. The normalized spacial score (nSPS) is 25.9. The van der Waals surface area contributed by atoms with Crippen LogP contribution < -0.4 is 5.32 Å². The molecule has 0 heterocycles. The molecule has 0 aromatic heterocycles. The van der Waals surface area contributed by atoms with Crippen LogP contribution in [0.3, 0.4) is 0 Å². The van der Waals surface area contributed by atoms with Gasteiger partial charge in [-0.05, 0) is 38.4 Å². The van der Waals surface area contributed by atoms with E-state index >= 15 is 0 Å². The number of carbonyl (C=O) groups excluding carboxylic acids is 1. The summed E-state index contributed by atoms with van der Waals surface area (Å²) >= 11 is 0. The summed E-state index contributed by atoms with van der Waals surface area (Å²) in [5.41, 5.74) is 1.91. The molecular weight excluding hydrogens is 286 g/mol. The number of benzene rings is 1. The largest absolute Gasteiger partial charge is 0.461 e. The van der Waals surface area contributed by atoms with Gasteiger partial charge < -0.3 is 10.1 Å². The summed E-state index contributed by atoms with van der Waals surface area (Å²) in [5.74, 6) is 0.300. The Morgan fingerprint density at radius 2 is 2.00 bits per heavy atom. The third-order valence-corrected chi connectivity index (χ3v) is 5.57. The summed E-state index contributed by atoms with van der Waals surface area (Å²) < 4.78 is 5.98. The molecule has 0 aliphatic heterocycles. The molecule has 2 fully saturated rings. The van der Waals surface area contributed by atoms with Gasteiger partial charge in [-0.15, -0.1) is 0 Å². The van der Waals surface area contributed by atoms with Crippen molar-refractivity contribution >= 4 is 5.97 Å². The van der Waals surface area contributed by atoms with E-state index in [0.717, 1.165) is 50.6 Å². The van der Waals surface area contributed by atoms with Crippen LogP contribution >= 0.6 is 0 Å². The lowest BCUT2D eigenvalue weighted by atomic mass is 9.74. The fourth-order valence-electron chi connectivity index (χ4n) is 4.06. The van der Waals surface area contributed by atoms with Crippen molar-refractivity contribution in [3.05, 3.63) is 48.0 Å². The van der Waals surface area contributed by atoms with E-state index in [4.69, 9.17) is 4.74 Å². The van der Waals surface area contributed by atoms with E-state index in [-0.39, 0.29) is 12.1 Å². The maximum absolute atomic E-state index is 13.0. The Hall–Kier alpha value is -1.61. The molecule has 2 saturated carbocycles. The van der Waals surface area contributed by atoms with E-state index in [1.54, 1.807) is 0 Å².